The number of carbonyl (C=O) groups excluding carboxylic acids is 2. The van der Waals surface area contributed by atoms with E-state index >= 15 is 0 Å². The number of aliphatic hydroxyl groups is 1. The Morgan fingerprint density at radius 1 is 1.09 bits per heavy atom. The van der Waals surface area contributed by atoms with Gasteiger partial charge in [-0.25, -0.2) is 9.59 Å². The number of carboxylic acids is 1. The van der Waals surface area contributed by atoms with Gasteiger partial charge in [0.15, 0.2) is 0 Å². The molecule has 0 heterocycles. The van der Waals surface area contributed by atoms with E-state index in [0.29, 0.717) is 0 Å². The van der Waals surface area contributed by atoms with Crippen molar-refractivity contribution in [3.63, 3.8) is 0 Å². The second-order valence-corrected chi connectivity index (χ2v) is 10.8. The van der Waals surface area contributed by atoms with Gasteiger partial charge in [-0.3, -0.25) is 8.98 Å². The van der Waals surface area contributed by atoms with Gasteiger partial charge in [-0.2, -0.15) is 8.42 Å². The van der Waals surface area contributed by atoms with Gasteiger partial charge in [0.1, 0.15) is 6.10 Å². The lowest BCUT2D eigenvalue weighted by molar-refractivity contribution is -0.206. The minimum absolute atomic E-state index is 0.0131. The third-order valence-electron chi connectivity index (χ3n) is 4.68. The van der Waals surface area contributed by atoms with Crippen molar-refractivity contribution in [2.75, 3.05) is 25.5 Å². The smallest absolute Gasteiger partial charge is 0.479 e. The second-order valence-electron chi connectivity index (χ2n) is 9.05. The molecule has 1 unspecified atom stereocenters. The van der Waals surface area contributed by atoms with Crippen molar-refractivity contribution in [2.45, 2.75) is 66.6 Å². The molecule has 32 heavy (non-hydrogen) atoms. The van der Waals surface area contributed by atoms with E-state index in [4.69, 9.17) is 13.7 Å². The quantitative estimate of drug-likeness (QED) is 0.187. The molecule has 0 aromatic heterocycles. The number of aliphatic carboxylic acids is 1. The fraction of sp³-hybridized carbons (Fsp3) is 0.850. The molecule has 0 aliphatic carbocycles. The summed E-state index contributed by atoms with van der Waals surface area (Å²) in [5, 5.41) is 23.5. The lowest BCUT2D eigenvalue weighted by atomic mass is 9.69. The minimum Gasteiger partial charge on any atom is -0.479 e. The van der Waals surface area contributed by atoms with Crippen molar-refractivity contribution in [3.8, 4) is 0 Å². The van der Waals surface area contributed by atoms with Crippen LogP contribution in [0, 0.1) is 17.3 Å². The summed E-state index contributed by atoms with van der Waals surface area (Å²) in [6.07, 6.45) is -2.61. The van der Waals surface area contributed by atoms with Crippen LogP contribution in [-0.4, -0.2) is 73.9 Å². The average molecular weight is 484 g/mol. The van der Waals surface area contributed by atoms with Gasteiger partial charge in [-0.15, -0.1) is 0 Å². The Labute approximate surface area is 189 Å². The van der Waals surface area contributed by atoms with Gasteiger partial charge in [0, 0.05) is 18.9 Å². The third kappa shape index (κ3) is 9.29. The monoisotopic (exact) mass is 483 g/mol. The number of carboxylic acid groups (broad SMARTS) is 1. The number of hydrogen-bond donors (Lipinski definition) is 3. The second kappa shape index (κ2) is 12.4. The van der Waals surface area contributed by atoms with E-state index in [2.05, 4.69) is 5.32 Å². The van der Waals surface area contributed by atoms with Gasteiger partial charge in [0.25, 0.3) is 10.1 Å². The van der Waals surface area contributed by atoms with Crippen LogP contribution in [0.1, 0.15) is 54.9 Å². The van der Waals surface area contributed by atoms with Gasteiger partial charge in [-0.05, 0) is 18.3 Å². The van der Waals surface area contributed by atoms with Crippen LogP contribution in [0.25, 0.3) is 0 Å². The molecular formula is C20H37NO10S. The Bertz CT molecular complexity index is 747. The molecule has 0 rings (SSSR count). The lowest BCUT2D eigenvalue weighted by Gasteiger charge is -2.44. The van der Waals surface area contributed by atoms with Crippen LogP contribution in [0.4, 0.5) is 4.79 Å². The van der Waals surface area contributed by atoms with Crippen LogP contribution in [0.15, 0.2) is 0 Å². The first-order valence-corrected chi connectivity index (χ1v) is 11.9. The van der Waals surface area contributed by atoms with Gasteiger partial charge < -0.3 is 25.0 Å². The highest BCUT2D eigenvalue weighted by molar-refractivity contribution is 7.86. The summed E-state index contributed by atoms with van der Waals surface area (Å²) in [5.41, 5.74) is -4.39. The molecule has 12 heteroatoms. The minimum atomic E-state index is -4.07. The number of hydrogen-bond acceptors (Lipinski definition) is 9. The van der Waals surface area contributed by atoms with Crippen LogP contribution in [0.3, 0.4) is 0 Å². The average Bonchev–Trinajstić information content (AvgIpc) is 2.65. The van der Waals surface area contributed by atoms with Gasteiger partial charge in [0.05, 0.1) is 19.0 Å². The number of rotatable bonds is 14. The molecule has 188 valence electrons. The van der Waals surface area contributed by atoms with E-state index in [9.17, 15) is 33.0 Å². The first kappa shape index (κ1) is 30.1. The zero-order valence-electron chi connectivity index (χ0n) is 19.8. The predicted molar refractivity (Wildman–Crippen MR) is 115 cm³/mol. The van der Waals surface area contributed by atoms with Gasteiger partial charge >= 0.3 is 12.1 Å². The molecule has 0 fully saturated rings. The molecule has 11 nitrogen and oxygen atoms in total. The zero-order chi connectivity index (χ0) is 25.3. The Balaban J connectivity index is 5.51. The maximum Gasteiger partial charge on any atom is 0.508 e. The summed E-state index contributed by atoms with van der Waals surface area (Å²) in [6.45, 7) is 10.1. The molecule has 0 saturated heterocycles. The lowest BCUT2D eigenvalue weighted by Crippen LogP contribution is -2.63. The first-order valence-electron chi connectivity index (χ1n) is 10.4. The van der Waals surface area contributed by atoms with Crippen LogP contribution in [-0.2, 0) is 33.4 Å². The molecule has 0 aliphatic rings. The summed E-state index contributed by atoms with van der Waals surface area (Å²) >= 11 is 0. The van der Waals surface area contributed by atoms with E-state index in [-0.39, 0.29) is 31.4 Å². The maximum atomic E-state index is 12.2. The van der Waals surface area contributed by atoms with E-state index in [1.165, 1.54) is 20.8 Å². The Morgan fingerprint density at radius 2 is 1.66 bits per heavy atom. The summed E-state index contributed by atoms with van der Waals surface area (Å²) < 4.78 is 39.4. The number of nitrogens with one attached hydrogen (secondary N) is 1. The van der Waals surface area contributed by atoms with E-state index in [0.717, 1.165) is 0 Å². The molecule has 0 aromatic rings. The summed E-state index contributed by atoms with van der Waals surface area (Å²) in [5.74, 6) is -3.07. The largest absolute Gasteiger partial charge is 0.508 e. The number of carbonyl (C=O) groups is 3. The van der Waals surface area contributed by atoms with E-state index in [1.54, 1.807) is 27.7 Å². The standard InChI is InChI=1S/C20H37NO10S/c1-13(2)11-29-18(25)31-16(14(3)4)20(26,17(23)24)19(6,7)12-30-32(27,28)10-8-9-21-15(5)22/h13-14,16,26H,8-12H2,1-7H3,(H,21,22)(H,23,24)/t16?,20-/m1/s1. The highest BCUT2D eigenvalue weighted by atomic mass is 32.2. The highest BCUT2D eigenvalue weighted by Gasteiger charge is 2.59. The molecule has 0 spiro atoms. The van der Waals surface area contributed by atoms with Crippen molar-refractivity contribution < 1.29 is 46.7 Å². The van der Waals surface area contributed by atoms with E-state index < -0.39 is 57.6 Å². The molecule has 0 aromatic carbocycles. The predicted octanol–water partition coefficient (Wildman–Crippen LogP) is 1.53. The zero-order valence-corrected chi connectivity index (χ0v) is 20.7. The Hall–Kier alpha value is -1.92. The van der Waals surface area contributed by atoms with E-state index in [1.807, 2.05) is 0 Å². The molecule has 0 aliphatic heterocycles. The molecule has 0 bridgehead atoms. The summed E-state index contributed by atoms with van der Waals surface area (Å²) in [4.78, 5) is 35.0. The first-order chi connectivity index (χ1) is 14.5. The molecule has 2 atom stereocenters. The highest BCUT2D eigenvalue weighted by Crippen LogP contribution is 2.39. The summed E-state index contributed by atoms with van der Waals surface area (Å²) in [7, 11) is -4.07. The van der Waals surface area contributed by atoms with Crippen molar-refractivity contribution in [1.29, 1.82) is 0 Å². The van der Waals surface area contributed by atoms with Crippen LogP contribution < -0.4 is 5.32 Å². The van der Waals surface area contributed by atoms with Crippen molar-refractivity contribution in [3.05, 3.63) is 0 Å². The molecule has 0 saturated carbocycles. The van der Waals surface area contributed by atoms with Crippen molar-refractivity contribution in [2.24, 2.45) is 17.3 Å². The topological polar surface area (TPSA) is 166 Å². The third-order valence-corrected chi connectivity index (χ3v) is 5.94. The fourth-order valence-electron chi connectivity index (χ4n) is 2.79. The molecule has 1 amide bonds. The SMILES string of the molecule is CC(=O)NCCCS(=O)(=O)OCC(C)(C)[C@](O)(C(=O)O)C(OC(=O)OCC(C)C)C(C)C. The van der Waals surface area contributed by atoms with Crippen molar-refractivity contribution in [1.82, 2.24) is 5.32 Å². The van der Waals surface area contributed by atoms with Crippen LogP contribution in [0.2, 0.25) is 0 Å². The molecule has 3 N–H and O–H groups in total. The molecule has 0 radical (unpaired) electrons. The Kier molecular flexibility index (Phi) is 11.6. The van der Waals surface area contributed by atoms with Crippen molar-refractivity contribution >= 4 is 28.1 Å². The van der Waals surface area contributed by atoms with Crippen LogP contribution >= 0.6 is 0 Å². The van der Waals surface area contributed by atoms with Crippen LogP contribution in [0.5, 0.6) is 0 Å². The maximum absolute atomic E-state index is 12.2. The van der Waals surface area contributed by atoms with Gasteiger partial charge in [-0.1, -0.05) is 41.5 Å². The fourth-order valence-corrected chi connectivity index (χ4v) is 3.88. The molecular weight excluding hydrogens is 446 g/mol. The normalized spacial score (nSPS) is 15.2. The van der Waals surface area contributed by atoms with Gasteiger partial charge in [0.2, 0.25) is 11.5 Å². The number of amides is 1. The Morgan fingerprint density at radius 3 is 2.09 bits per heavy atom. The number of ether oxygens (including phenoxy) is 2. The summed E-state index contributed by atoms with van der Waals surface area (Å²) in [6, 6.07) is 0.